The Bertz CT molecular complexity index is 717. The minimum absolute atomic E-state index is 0.0933. The maximum atomic E-state index is 11.1. The summed E-state index contributed by atoms with van der Waals surface area (Å²) in [6.07, 6.45) is 6.46. The molecular formula is C20H31NO5S. The number of rotatable bonds is 12. The Morgan fingerprint density at radius 3 is 2.70 bits per heavy atom. The lowest BCUT2D eigenvalue weighted by molar-refractivity contribution is -0.532. The quantitative estimate of drug-likeness (QED) is 0.308. The van der Waals surface area contributed by atoms with Crippen LogP contribution in [0, 0.1) is 5.92 Å². The van der Waals surface area contributed by atoms with E-state index in [1.165, 1.54) is 5.56 Å². The number of unbranched alkanes of at least 4 members (excludes halogenated alkanes) is 1. The largest absolute Gasteiger partial charge is 0.726 e. The SMILES string of the molecule is CCCCC(CC)COCC(C[N+]1=Cc2ccccc2CC1)OS(=O)(=O)[O-]. The summed E-state index contributed by atoms with van der Waals surface area (Å²) in [7, 11) is -4.78. The standard InChI is InChI=1S/C20H31NO5S/c1-3-5-8-17(4-2)15-25-16-20(26-27(22,23)24)14-21-12-11-18-9-6-7-10-19(18)13-21/h6-7,9-10,13,17,20H,3-5,8,11-12,14-16H2,1-2H3. The van der Waals surface area contributed by atoms with Gasteiger partial charge in [0.15, 0.2) is 18.9 Å². The number of hydrogen-bond donors (Lipinski definition) is 0. The Labute approximate surface area is 163 Å². The van der Waals surface area contributed by atoms with E-state index in [1.54, 1.807) is 0 Å². The molecule has 2 unspecified atom stereocenters. The van der Waals surface area contributed by atoms with Crippen molar-refractivity contribution in [3.05, 3.63) is 35.4 Å². The molecule has 7 heteroatoms. The topological polar surface area (TPSA) is 78.7 Å². The molecule has 27 heavy (non-hydrogen) atoms. The molecule has 1 heterocycles. The van der Waals surface area contributed by atoms with Gasteiger partial charge in [0.25, 0.3) is 0 Å². The van der Waals surface area contributed by atoms with Crippen LogP contribution in [-0.4, -0.2) is 56.2 Å². The summed E-state index contributed by atoms with van der Waals surface area (Å²) >= 11 is 0. The van der Waals surface area contributed by atoms with Gasteiger partial charge in [0.1, 0.15) is 6.54 Å². The first kappa shape index (κ1) is 22.0. The second-order valence-corrected chi connectivity index (χ2v) is 8.16. The van der Waals surface area contributed by atoms with Gasteiger partial charge in [-0.05, 0) is 24.0 Å². The zero-order valence-corrected chi connectivity index (χ0v) is 17.1. The molecular weight excluding hydrogens is 366 g/mol. The minimum Gasteiger partial charge on any atom is -0.726 e. The van der Waals surface area contributed by atoms with E-state index in [4.69, 9.17) is 8.92 Å². The van der Waals surface area contributed by atoms with Gasteiger partial charge in [-0.3, -0.25) is 4.18 Å². The molecule has 0 fully saturated rings. The molecule has 0 spiro atoms. The van der Waals surface area contributed by atoms with Crippen molar-refractivity contribution >= 4 is 16.6 Å². The lowest BCUT2D eigenvalue weighted by Gasteiger charge is -2.21. The van der Waals surface area contributed by atoms with Crippen LogP contribution in [-0.2, 0) is 25.7 Å². The van der Waals surface area contributed by atoms with E-state index < -0.39 is 16.5 Å². The molecule has 0 aromatic heterocycles. The fraction of sp³-hybridized carbons (Fsp3) is 0.650. The third-order valence-corrected chi connectivity index (χ3v) is 5.45. The zero-order chi connectivity index (χ0) is 19.7. The van der Waals surface area contributed by atoms with Crippen LogP contribution in [0.5, 0.6) is 0 Å². The maximum Gasteiger partial charge on any atom is 0.218 e. The summed E-state index contributed by atoms with van der Waals surface area (Å²) in [5.41, 5.74) is 2.37. The van der Waals surface area contributed by atoms with Gasteiger partial charge >= 0.3 is 0 Å². The van der Waals surface area contributed by atoms with Crippen molar-refractivity contribution in [1.29, 1.82) is 0 Å². The third kappa shape index (κ3) is 8.09. The Morgan fingerprint density at radius 1 is 1.22 bits per heavy atom. The number of benzene rings is 1. The molecule has 0 aliphatic carbocycles. The fourth-order valence-electron chi connectivity index (χ4n) is 3.36. The number of fused-ring (bicyclic) bond motifs is 1. The Balaban J connectivity index is 1.95. The monoisotopic (exact) mass is 397 g/mol. The van der Waals surface area contributed by atoms with Crippen LogP contribution in [0.3, 0.4) is 0 Å². The summed E-state index contributed by atoms with van der Waals surface area (Å²) in [5.74, 6) is 0.447. The predicted molar refractivity (Wildman–Crippen MR) is 104 cm³/mol. The van der Waals surface area contributed by atoms with Crippen molar-refractivity contribution < 1.29 is 26.5 Å². The molecule has 6 nitrogen and oxygen atoms in total. The van der Waals surface area contributed by atoms with Crippen LogP contribution >= 0.6 is 0 Å². The Kier molecular flexibility index (Phi) is 8.89. The number of nitrogens with zero attached hydrogens (tertiary/aromatic N) is 1. The fourth-order valence-corrected chi connectivity index (χ4v) is 3.81. The van der Waals surface area contributed by atoms with Gasteiger partial charge in [-0.15, -0.1) is 0 Å². The molecule has 0 saturated carbocycles. The van der Waals surface area contributed by atoms with E-state index in [-0.39, 0.29) is 6.61 Å². The molecule has 0 radical (unpaired) electrons. The van der Waals surface area contributed by atoms with E-state index >= 15 is 0 Å². The van der Waals surface area contributed by atoms with E-state index in [0.717, 1.165) is 44.2 Å². The van der Waals surface area contributed by atoms with Gasteiger partial charge in [0, 0.05) is 18.6 Å². The van der Waals surface area contributed by atoms with Crippen molar-refractivity contribution in [2.24, 2.45) is 5.92 Å². The van der Waals surface area contributed by atoms with E-state index in [1.807, 2.05) is 29.0 Å². The molecule has 1 aliphatic rings. The summed E-state index contributed by atoms with van der Waals surface area (Å²) in [6, 6.07) is 8.09. The molecule has 0 bridgehead atoms. The van der Waals surface area contributed by atoms with Crippen LogP contribution in [0.4, 0.5) is 0 Å². The van der Waals surface area contributed by atoms with Crippen LogP contribution < -0.4 is 0 Å². The van der Waals surface area contributed by atoms with Crippen LogP contribution in [0.15, 0.2) is 24.3 Å². The molecule has 1 aliphatic heterocycles. The molecule has 1 aromatic carbocycles. The Hall–Kier alpha value is -1.28. The lowest BCUT2D eigenvalue weighted by Crippen LogP contribution is -2.36. The molecule has 1 aromatic rings. The van der Waals surface area contributed by atoms with Gasteiger partial charge < -0.3 is 9.29 Å². The van der Waals surface area contributed by atoms with E-state index in [0.29, 0.717) is 19.1 Å². The highest BCUT2D eigenvalue weighted by atomic mass is 32.3. The van der Waals surface area contributed by atoms with Crippen molar-refractivity contribution in [2.75, 3.05) is 26.3 Å². The van der Waals surface area contributed by atoms with Gasteiger partial charge in [-0.1, -0.05) is 51.3 Å². The minimum atomic E-state index is -4.78. The van der Waals surface area contributed by atoms with E-state index in [2.05, 4.69) is 19.9 Å². The number of hydrogen-bond acceptors (Lipinski definition) is 5. The van der Waals surface area contributed by atoms with Gasteiger partial charge in [-0.25, -0.2) is 13.0 Å². The number of ether oxygens (including phenoxy) is 1. The first-order valence-corrected chi connectivity index (χ1v) is 11.1. The first-order chi connectivity index (χ1) is 12.9. The van der Waals surface area contributed by atoms with Crippen LogP contribution in [0.1, 0.15) is 50.7 Å². The maximum absolute atomic E-state index is 11.1. The average Bonchev–Trinajstić information content (AvgIpc) is 2.63. The van der Waals surface area contributed by atoms with Crippen molar-refractivity contribution in [1.82, 2.24) is 0 Å². The normalized spacial score (nSPS) is 16.5. The van der Waals surface area contributed by atoms with Gasteiger partial charge in [-0.2, -0.15) is 0 Å². The lowest BCUT2D eigenvalue weighted by atomic mass is 10.0. The summed E-state index contributed by atoms with van der Waals surface area (Å²) < 4.78 is 45.8. The van der Waals surface area contributed by atoms with Crippen molar-refractivity contribution in [3.8, 4) is 0 Å². The molecule has 0 saturated heterocycles. The van der Waals surface area contributed by atoms with Gasteiger partial charge in [0.05, 0.1) is 6.61 Å². The Morgan fingerprint density at radius 2 is 2.00 bits per heavy atom. The molecule has 0 amide bonds. The second-order valence-electron chi connectivity index (χ2n) is 7.15. The van der Waals surface area contributed by atoms with E-state index in [9.17, 15) is 13.0 Å². The predicted octanol–water partition coefficient (Wildman–Crippen LogP) is 2.75. The summed E-state index contributed by atoms with van der Waals surface area (Å²) in [6.45, 7) is 5.99. The zero-order valence-electron chi connectivity index (χ0n) is 16.3. The third-order valence-electron chi connectivity index (χ3n) is 4.94. The highest BCUT2D eigenvalue weighted by molar-refractivity contribution is 7.80. The molecule has 2 atom stereocenters. The molecule has 152 valence electrons. The molecule has 0 N–H and O–H groups in total. The average molecular weight is 398 g/mol. The molecule has 2 rings (SSSR count). The highest BCUT2D eigenvalue weighted by Crippen LogP contribution is 2.14. The first-order valence-electron chi connectivity index (χ1n) is 9.80. The summed E-state index contributed by atoms with van der Waals surface area (Å²) in [4.78, 5) is 0. The highest BCUT2D eigenvalue weighted by Gasteiger charge is 2.23. The van der Waals surface area contributed by atoms with Crippen molar-refractivity contribution in [3.63, 3.8) is 0 Å². The van der Waals surface area contributed by atoms with Crippen LogP contribution in [0.25, 0.3) is 0 Å². The van der Waals surface area contributed by atoms with Crippen LogP contribution in [0.2, 0.25) is 0 Å². The van der Waals surface area contributed by atoms with Crippen molar-refractivity contribution in [2.45, 2.75) is 52.1 Å². The second kappa shape index (κ2) is 10.9. The van der Waals surface area contributed by atoms with Gasteiger partial charge in [0.2, 0.25) is 10.4 Å². The smallest absolute Gasteiger partial charge is 0.218 e. The summed E-state index contributed by atoms with van der Waals surface area (Å²) in [5, 5.41) is 0.